The summed E-state index contributed by atoms with van der Waals surface area (Å²) in [5.74, 6) is 5.98. The second-order valence-corrected chi connectivity index (χ2v) is 7.05. The molecule has 0 aliphatic carbocycles. The highest BCUT2D eigenvalue weighted by atomic mass is 35.5. The quantitative estimate of drug-likeness (QED) is 0.462. The van der Waals surface area contributed by atoms with Gasteiger partial charge in [0.2, 0.25) is 0 Å². The zero-order valence-electron chi connectivity index (χ0n) is 12.8. The third kappa shape index (κ3) is 5.72. The minimum absolute atomic E-state index is 0.117. The molecule has 0 spiro atoms. The third-order valence-corrected chi connectivity index (χ3v) is 4.65. The monoisotopic (exact) mass is 348 g/mol. The van der Waals surface area contributed by atoms with Gasteiger partial charge in [-0.25, -0.2) is 0 Å². The predicted molar refractivity (Wildman–Crippen MR) is 91.9 cm³/mol. The van der Waals surface area contributed by atoms with E-state index in [0.717, 1.165) is 11.1 Å². The molecule has 0 aliphatic heterocycles. The highest BCUT2D eigenvalue weighted by molar-refractivity contribution is 7.86. The molecule has 0 unspecified atom stereocenters. The molecule has 2 rings (SSSR count). The van der Waals surface area contributed by atoms with E-state index < -0.39 is 10.1 Å². The number of halogens is 1. The molecule has 0 saturated heterocycles. The minimum Gasteiger partial charge on any atom is -0.266 e. The van der Waals surface area contributed by atoms with Crippen LogP contribution in [0.4, 0.5) is 0 Å². The van der Waals surface area contributed by atoms with Gasteiger partial charge < -0.3 is 0 Å². The fraction of sp³-hybridized carbons (Fsp3) is 0.222. The Balaban J connectivity index is 1.79. The smallest absolute Gasteiger partial charge is 0.266 e. The van der Waals surface area contributed by atoms with Gasteiger partial charge in [-0.05, 0) is 49.7 Å². The Morgan fingerprint density at radius 2 is 1.70 bits per heavy atom. The predicted octanol–water partition coefficient (Wildman–Crippen LogP) is 4.19. The van der Waals surface area contributed by atoms with E-state index >= 15 is 0 Å². The summed E-state index contributed by atoms with van der Waals surface area (Å²) in [6, 6.07) is 13.8. The second kappa shape index (κ2) is 8.16. The molecule has 120 valence electrons. The topological polar surface area (TPSA) is 43.4 Å². The number of rotatable bonds is 5. The van der Waals surface area contributed by atoms with E-state index in [1.807, 2.05) is 19.1 Å². The van der Waals surface area contributed by atoms with Gasteiger partial charge in [0, 0.05) is 17.0 Å². The fourth-order valence-electron chi connectivity index (χ4n) is 1.80. The van der Waals surface area contributed by atoms with Gasteiger partial charge in [-0.1, -0.05) is 41.1 Å². The van der Waals surface area contributed by atoms with Crippen LogP contribution in [0.25, 0.3) is 0 Å². The van der Waals surface area contributed by atoms with Crippen molar-refractivity contribution >= 4 is 21.7 Å². The van der Waals surface area contributed by atoms with Crippen molar-refractivity contribution in [3.8, 4) is 11.8 Å². The van der Waals surface area contributed by atoms with Crippen molar-refractivity contribution in [2.24, 2.45) is 0 Å². The zero-order valence-corrected chi connectivity index (χ0v) is 14.3. The number of hydrogen-bond donors (Lipinski definition) is 0. The Hall–Kier alpha value is -1.80. The largest absolute Gasteiger partial charge is 0.296 e. The van der Waals surface area contributed by atoms with Crippen LogP contribution < -0.4 is 0 Å². The molecule has 0 atom stereocenters. The molecule has 2 aromatic rings. The van der Waals surface area contributed by atoms with Gasteiger partial charge in [0.15, 0.2) is 0 Å². The van der Waals surface area contributed by atoms with Crippen molar-refractivity contribution in [1.82, 2.24) is 0 Å². The van der Waals surface area contributed by atoms with Crippen LogP contribution in [-0.2, 0) is 14.3 Å². The van der Waals surface area contributed by atoms with Crippen molar-refractivity contribution in [2.75, 3.05) is 6.61 Å². The number of unbranched alkanes of at least 4 members (excludes halogenated alkanes) is 1. The van der Waals surface area contributed by atoms with Crippen LogP contribution in [0.5, 0.6) is 0 Å². The van der Waals surface area contributed by atoms with Gasteiger partial charge in [-0.15, -0.1) is 0 Å². The normalized spacial score (nSPS) is 10.9. The van der Waals surface area contributed by atoms with Crippen molar-refractivity contribution in [1.29, 1.82) is 0 Å². The fourth-order valence-corrected chi connectivity index (χ4v) is 2.87. The number of hydrogen-bond acceptors (Lipinski definition) is 3. The Bertz CT molecular complexity index is 798. The Morgan fingerprint density at radius 1 is 1.04 bits per heavy atom. The lowest BCUT2D eigenvalue weighted by atomic mass is 10.2. The summed E-state index contributed by atoms with van der Waals surface area (Å²) in [6.45, 7) is 2.02. The lowest BCUT2D eigenvalue weighted by Gasteiger charge is -2.04. The van der Waals surface area contributed by atoms with E-state index in [9.17, 15) is 8.42 Å². The van der Waals surface area contributed by atoms with Crippen LogP contribution in [0.2, 0.25) is 5.02 Å². The number of aryl methyl sites for hydroxylation is 1. The molecule has 0 aliphatic rings. The minimum atomic E-state index is -3.68. The van der Waals surface area contributed by atoms with Crippen LogP contribution in [0.3, 0.4) is 0 Å². The molecular formula is C18H17ClO3S. The summed E-state index contributed by atoms with van der Waals surface area (Å²) >= 11 is 5.79. The maximum absolute atomic E-state index is 12.0. The average molecular weight is 349 g/mol. The molecule has 0 fully saturated rings. The maximum atomic E-state index is 12.0. The van der Waals surface area contributed by atoms with Crippen LogP contribution in [0, 0.1) is 18.8 Å². The summed E-state index contributed by atoms with van der Waals surface area (Å²) in [4.78, 5) is 0.176. The van der Waals surface area contributed by atoms with Crippen LogP contribution in [0.1, 0.15) is 24.0 Å². The first-order chi connectivity index (χ1) is 11.0. The van der Waals surface area contributed by atoms with Crippen molar-refractivity contribution < 1.29 is 12.6 Å². The van der Waals surface area contributed by atoms with Crippen LogP contribution >= 0.6 is 11.6 Å². The van der Waals surface area contributed by atoms with E-state index in [4.69, 9.17) is 15.8 Å². The van der Waals surface area contributed by atoms with Crippen molar-refractivity contribution in [3.63, 3.8) is 0 Å². The summed E-state index contributed by atoms with van der Waals surface area (Å²) in [6.07, 6.45) is 1.11. The molecular weight excluding hydrogens is 332 g/mol. The highest BCUT2D eigenvalue weighted by Gasteiger charge is 2.13. The van der Waals surface area contributed by atoms with Crippen LogP contribution in [0.15, 0.2) is 53.4 Å². The van der Waals surface area contributed by atoms with Gasteiger partial charge in [0.25, 0.3) is 10.1 Å². The van der Waals surface area contributed by atoms with E-state index in [1.54, 1.807) is 36.4 Å². The molecule has 2 aromatic carbocycles. The summed E-state index contributed by atoms with van der Waals surface area (Å²) < 4.78 is 28.9. The molecule has 0 aromatic heterocycles. The van der Waals surface area contributed by atoms with Crippen LogP contribution in [-0.4, -0.2) is 15.0 Å². The van der Waals surface area contributed by atoms with E-state index in [2.05, 4.69) is 11.8 Å². The molecule has 0 saturated carbocycles. The van der Waals surface area contributed by atoms with Crippen molar-refractivity contribution in [2.45, 2.75) is 24.7 Å². The standard InChI is InChI=1S/C18H17ClO3S/c1-15-6-12-18(13-7-15)23(20,21)22-14-4-2-3-5-16-8-10-17(19)11-9-16/h6-13H,2,4,14H2,1H3. The zero-order chi connectivity index (χ0) is 16.7. The summed E-state index contributed by atoms with van der Waals surface area (Å²) in [5, 5.41) is 0.672. The molecule has 3 nitrogen and oxygen atoms in total. The molecule has 0 heterocycles. The van der Waals surface area contributed by atoms with E-state index in [-0.39, 0.29) is 11.5 Å². The van der Waals surface area contributed by atoms with E-state index in [0.29, 0.717) is 17.9 Å². The molecule has 0 N–H and O–H groups in total. The highest BCUT2D eigenvalue weighted by Crippen LogP contribution is 2.13. The van der Waals surface area contributed by atoms with Gasteiger partial charge in [0.1, 0.15) is 0 Å². The first-order valence-corrected chi connectivity index (χ1v) is 8.96. The van der Waals surface area contributed by atoms with Gasteiger partial charge in [-0.2, -0.15) is 8.42 Å². The summed E-state index contributed by atoms with van der Waals surface area (Å²) in [7, 11) is -3.68. The van der Waals surface area contributed by atoms with Gasteiger partial charge in [-0.3, -0.25) is 4.18 Å². The lowest BCUT2D eigenvalue weighted by molar-refractivity contribution is 0.314. The van der Waals surface area contributed by atoms with E-state index in [1.165, 1.54) is 0 Å². The van der Waals surface area contributed by atoms with Gasteiger partial charge in [0.05, 0.1) is 11.5 Å². The molecule has 0 amide bonds. The summed E-state index contributed by atoms with van der Waals surface area (Å²) in [5.41, 5.74) is 1.88. The number of benzene rings is 2. The Labute approximate surface area is 142 Å². The SMILES string of the molecule is Cc1ccc(S(=O)(=O)OCCCC#Cc2ccc(Cl)cc2)cc1. The first kappa shape index (κ1) is 17.6. The molecule has 0 radical (unpaired) electrons. The lowest BCUT2D eigenvalue weighted by Crippen LogP contribution is -2.07. The van der Waals surface area contributed by atoms with Crippen molar-refractivity contribution in [3.05, 3.63) is 64.7 Å². The third-order valence-electron chi connectivity index (χ3n) is 3.07. The van der Waals surface area contributed by atoms with Gasteiger partial charge >= 0.3 is 0 Å². The molecule has 5 heteroatoms. The Kier molecular flexibility index (Phi) is 6.23. The maximum Gasteiger partial charge on any atom is 0.296 e. The molecule has 0 bridgehead atoms. The average Bonchev–Trinajstić information content (AvgIpc) is 2.53. The Morgan fingerprint density at radius 3 is 2.35 bits per heavy atom. The molecule has 23 heavy (non-hydrogen) atoms. The first-order valence-electron chi connectivity index (χ1n) is 7.18. The second-order valence-electron chi connectivity index (χ2n) is 5.00.